The normalized spacial score (nSPS) is 43.2. The van der Waals surface area contributed by atoms with Crippen LogP contribution in [0.15, 0.2) is 0 Å². The van der Waals surface area contributed by atoms with E-state index in [4.69, 9.17) is 0 Å². The van der Waals surface area contributed by atoms with Crippen LogP contribution in [0.25, 0.3) is 0 Å². The van der Waals surface area contributed by atoms with Crippen LogP contribution in [-0.4, -0.2) is 34.0 Å². The summed E-state index contributed by atoms with van der Waals surface area (Å²) in [5, 5.41) is 12.1. The van der Waals surface area contributed by atoms with E-state index >= 15 is 0 Å². The van der Waals surface area contributed by atoms with Gasteiger partial charge in [0.05, 0.1) is 0 Å². The number of carbonyl (C=O) groups excluding carboxylic acids is 1. The van der Waals surface area contributed by atoms with E-state index in [1.54, 1.807) is 11.8 Å². The zero-order chi connectivity index (χ0) is 12.0. The molecule has 0 aromatic heterocycles. The third-order valence-electron chi connectivity index (χ3n) is 4.41. The van der Waals surface area contributed by atoms with Crippen molar-refractivity contribution in [2.75, 3.05) is 11.5 Å². The van der Waals surface area contributed by atoms with E-state index in [-0.39, 0.29) is 11.8 Å². The predicted molar refractivity (Wildman–Crippen MR) is 64.8 cm³/mol. The number of nitrogens with one attached hydrogen (secondary N) is 1. The Morgan fingerprint density at radius 2 is 1.94 bits per heavy atom. The highest BCUT2D eigenvalue weighted by Gasteiger charge is 2.50. The summed E-state index contributed by atoms with van der Waals surface area (Å²) in [7, 11) is 0. The van der Waals surface area contributed by atoms with Crippen molar-refractivity contribution in [2.45, 2.75) is 31.2 Å². The highest BCUT2D eigenvalue weighted by Crippen LogP contribution is 2.54. The Hall–Kier alpha value is -0.710. The van der Waals surface area contributed by atoms with Crippen molar-refractivity contribution in [2.24, 2.45) is 17.8 Å². The average Bonchev–Trinajstić information content (AvgIpc) is 2.76. The van der Waals surface area contributed by atoms with Gasteiger partial charge in [-0.3, -0.25) is 4.79 Å². The summed E-state index contributed by atoms with van der Waals surface area (Å²) in [6.07, 6.45) is 3.78. The molecule has 0 aromatic carbocycles. The van der Waals surface area contributed by atoms with Crippen molar-refractivity contribution in [1.82, 2.24) is 5.32 Å². The number of thioether (sulfide) groups is 1. The van der Waals surface area contributed by atoms with E-state index in [0.717, 1.165) is 30.4 Å². The summed E-state index contributed by atoms with van der Waals surface area (Å²) in [4.78, 5) is 23.4. The molecule has 1 amide bonds. The summed E-state index contributed by atoms with van der Waals surface area (Å²) in [5.41, 5.74) is -0.992. The lowest BCUT2D eigenvalue weighted by Gasteiger charge is -2.26. The quantitative estimate of drug-likeness (QED) is 0.793. The lowest BCUT2D eigenvalue weighted by molar-refractivity contribution is -0.147. The van der Waals surface area contributed by atoms with Gasteiger partial charge in [0.15, 0.2) is 0 Å². The van der Waals surface area contributed by atoms with Crippen molar-refractivity contribution in [3.8, 4) is 0 Å². The largest absolute Gasteiger partial charge is 0.479 e. The molecule has 0 aromatic rings. The Balaban J connectivity index is 1.64. The van der Waals surface area contributed by atoms with Gasteiger partial charge in [0.2, 0.25) is 5.91 Å². The second-order valence-corrected chi connectivity index (χ2v) is 6.71. The van der Waals surface area contributed by atoms with Crippen molar-refractivity contribution in [1.29, 1.82) is 0 Å². The number of hydrogen-bond donors (Lipinski definition) is 2. The fraction of sp³-hybridized carbons (Fsp3) is 0.833. The molecule has 2 aliphatic carbocycles. The number of carboxylic acid groups (broad SMARTS) is 1. The van der Waals surface area contributed by atoms with Crippen molar-refractivity contribution < 1.29 is 14.7 Å². The predicted octanol–water partition coefficient (Wildman–Crippen LogP) is 1.11. The number of carbonyl (C=O) groups is 2. The van der Waals surface area contributed by atoms with E-state index < -0.39 is 11.5 Å². The smallest absolute Gasteiger partial charge is 0.330 e. The molecule has 3 atom stereocenters. The number of aliphatic carboxylic acids is 1. The van der Waals surface area contributed by atoms with E-state index in [1.165, 1.54) is 6.42 Å². The molecule has 3 unspecified atom stereocenters. The molecule has 2 saturated carbocycles. The number of hydrogen-bond acceptors (Lipinski definition) is 3. The zero-order valence-corrected chi connectivity index (χ0v) is 10.5. The van der Waals surface area contributed by atoms with Crippen LogP contribution in [0, 0.1) is 17.8 Å². The van der Waals surface area contributed by atoms with Gasteiger partial charge in [-0.25, -0.2) is 4.79 Å². The minimum absolute atomic E-state index is 0.0258. The van der Waals surface area contributed by atoms with E-state index in [9.17, 15) is 14.7 Å². The Kier molecular flexibility index (Phi) is 2.61. The molecule has 3 aliphatic rings. The molecular formula is C12H17NO3S. The second-order valence-electron chi connectivity index (χ2n) is 5.60. The monoisotopic (exact) mass is 255 g/mol. The standard InChI is InChI=1S/C12H17NO3S/c14-10(9-4-7-3-8(7)5-9)13-12(11(15)16)1-2-17-6-12/h7-9H,1-6H2,(H,13,14)(H,15,16). The van der Waals surface area contributed by atoms with Gasteiger partial charge >= 0.3 is 5.97 Å². The molecule has 4 nitrogen and oxygen atoms in total. The fourth-order valence-electron chi connectivity index (χ4n) is 3.15. The van der Waals surface area contributed by atoms with Crippen LogP contribution in [0.2, 0.25) is 0 Å². The van der Waals surface area contributed by atoms with Crippen LogP contribution < -0.4 is 5.32 Å². The summed E-state index contributed by atoms with van der Waals surface area (Å²) < 4.78 is 0. The minimum Gasteiger partial charge on any atom is -0.479 e. The zero-order valence-electron chi connectivity index (χ0n) is 9.65. The number of fused-ring (bicyclic) bond motifs is 1. The van der Waals surface area contributed by atoms with E-state index in [2.05, 4.69) is 5.32 Å². The maximum Gasteiger partial charge on any atom is 0.330 e. The SMILES string of the molecule is O=C(NC1(C(=O)O)CCSC1)C1CC2CC2C1. The molecule has 1 aliphatic heterocycles. The van der Waals surface area contributed by atoms with Gasteiger partial charge in [-0.15, -0.1) is 0 Å². The molecule has 2 N–H and O–H groups in total. The summed E-state index contributed by atoms with van der Waals surface area (Å²) in [6.45, 7) is 0. The van der Waals surface area contributed by atoms with E-state index in [0.29, 0.717) is 12.2 Å². The molecule has 17 heavy (non-hydrogen) atoms. The first-order valence-corrected chi connectivity index (χ1v) is 7.39. The molecule has 0 bridgehead atoms. The molecular weight excluding hydrogens is 238 g/mol. The number of rotatable bonds is 3. The Bertz CT molecular complexity index is 355. The highest BCUT2D eigenvalue weighted by molar-refractivity contribution is 7.99. The third kappa shape index (κ3) is 1.94. The van der Waals surface area contributed by atoms with Crippen LogP contribution in [0.5, 0.6) is 0 Å². The molecule has 0 radical (unpaired) electrons. The lowest BCUT2D eigenvalue weighted by Crippen LogP contribution is -2.56. The molecule has 94 valence electrons. The van der Waals surface area contributed by atoms with E-state index in [1.807, 2.05) is 0 Å². The number of amides is 1. The van der Waals surface area contributed by atoms with Gasteiger partial charge in [0.1, 0.15) is 5.54 Å². The second kappa shape index (κ2) is 3.90. The highest BCUT2D eigenvalue weighted by atomic mass is 32.2. The van der Waals surface area contributed by atoms with Gasteiger partial charge in [-0.1, -0.05) is 0 Å². The maximum absolute atomic E-state index is 12.1. The Morgan fingerprint density at radius 3 is 2.47 bits per heavy atom. The van der Waals surface area contributed by atoms with Crippen molar-refractivity contribution in [3.63, 3.8) is 0 Å². The first-order chi connectivity index (χ1) is 8.11. The summed E-state index contributed by atoms with van der Waals surface area (Å²) in [5.74, 6) is 2.01. The molecule has 1 heterocycles. The van der Waals surface area contributed by atoms with Crippen LogP contribution in [0.1, 0.15) is 25.7 Å². The average molecular weight is 255 g/mol. The van der Waals surface area contributed by atoms with Gasteiger partial charge in [0.25, 0.3) is 0 Å². The molecule has 1 saturated heterocycles. The minimum atomic E-state index is -0.992. The molecule has 5 heteroatoms. The Morgan fingerprint density at radius 1 is 1.24 bits per heavy atom. The van der Waals surface area contributed by atoms with Crippen LogP contribution in [-0.2, 0) is 9.59 Å². The maximum atomic E-state index is 12.1. The van der Waals surface area contributed by atoms with Crippen molar-refractivity contribution in [3.05, 3.63) is 0 Å². The Labute approximate surface area is 105 Å². The summed E-state index contributed by atoms with van der Waals surface area (Å²) in [6, 6.07) is 0. The first-order valence-electron chi connectivity index (χ1n) is 6.24. The van der Waals surface area contributed by atoms with Gasteiger partial charge in [-0.2, -0.15) is 11.8 Å². The van der Waals surface area contributed by atoms with Gasteiger partial charge < -0.3 is 10.4 Å². The van der Waals surface area contributed by atoms with Crippen LogP contribution >= 0.6 is 11.8 Å². The van der Waals surface area contributed by atoms with Gasteiger partial charge in [0, 0.05) is 11.7 Å². The first kappa shape index (κ1) is 11.4. The van der Waals surface area contributed by atoms with Crippen molar-refractivity contribution >= 4 is 23.6 Å². The summed E-state index contributed by atoms with van der Waals surface area (Å²) >= 11 is 1.61. The lowest BCUT2D eigenvalue weighted by atomic mass is 9.96. The van der Waals surface area contributed by atoms with Crippen LogP contribution in [0.3, 0.4) is 0 Å². The number of carboxylic acids is 1. The molecule has 3 rings (SSSR count). The molecule has 0 spiro atoms. The molecule has 3 fully saturated rings. The van der Waals surface area contributed by atoms with Gasteiger partial charge in [-0.05, 0) is 43.3 Å². The fourth-order valence-corrected chi connectivity index (χ4v) is 4.48. The topological polar surface area (TPSA) is 66.4 Å². The van der Waals surface area contributed by atoms with Crippen LogP contribution in [0.4, 0.5) is 0 Å². The third-order valence-corrected chi connectivity index (χ3v) is 5.60.